The second-order valence-electron chi connectivity index (χ2n) is 5.18. The molecule has 4 aromatic rings. The number of benzene rings is 2. The van der Waals surface area contributed by atoms with Crippen LogP contribution in [-0.4, -0.2) is 9.55 Å². The lowest BCUT2D eigenvalue weighted by molar-refractivity contribution is 0.627. The summed E-state index contributed by atoms with van der Waals surface area (Å²) in [5.74, 6) is -0.223. The molecule has 22 heavy (non-hydrogen) atoms. The van der Waals surface area contributed by atoms with Crippen LogP contribution >= 0.6 is 0 Å². The molecule has 3 heteroatoms. The van der Waals surface area contributed by atoms with Crippen LogP contribution in [0.4, 0.5) is 4.39 Å². The van der Waals surface area contributed by atoms with Gasteiger partial charge in [0.1, 0.15) is 5.82 Å². The largest absolute Gasteiger partial charge is 0.317 e. The van der Waals surface area contributed by atoms with Crippen molar-refractivity contribution in [2.75, 3.05) is 0 Å². The summed E-state index contributed by atoms with van der Waals surface area (Å²) in [6.45, 7) is 0. The normalized spacial score (nSPS) is 11.0. The highest BCUT2D eigenvalue weighted by Crippen LogP contribution is 2.26. The van der Waals surface area contributed by atoms with Gasteiger partial charge >= 0.3 is 0 Å². The maximum atomic E-state index is 13.1. The first-order chi connectivity index (χ1) is 10.8. The van der Waals surface area contributed by atoms with Crippen molar-refractivity contribution in [3.8, 4) is 16.8 Å². The van der Waals surface area contributed by atoms with Crippen molar-refractivity contribution in [2.24, 2.45) is 0 Å². The van der Waals surface area contributed by atoms with Crippen molar-refractivity contribution < 1.29 is 4.39 Å². The Labute approximate surface area is 127 Å². The highest BCUT2D eigenvalue weighted by Gasteiger charge is 2.05. The van der Waals surface area contributed by atoms with Gasteiger partial charge in [-0.15, -0.1) is 0 Å². The molecule has 0 unspecified atom stereocenters. The first-order valence-corrected chi connectivity index (χ1v) is 7.09. The average Bonchev–Trinajstić information content (AvgIpc) is 2.99. The Morgan fingerprint density at radius 1 is 0.864 bits per heavy atom. The Balaban J connectivity index is 1.82. The van der Waals surface area contributed by atoms with Crippen molar-refractivity contribution >= 4 is 10.9 Å². The molecule has 0 N–H and O–H groups in total. The summed E-state index contributed by atoms with van der Waals surface area (Å²) >= 11 is 0. The highest BCUT2D eigenvalue weighted by molar-refractivity contribution is 5.86. The Kier molecular flexibility index (Phi) is 2.97. The molecule has 0 radical (unpaired) electrons. The van der Waals surface area contributed by atoms with Gasteiger partial charge in [-0.05, 0) is 54.1 Å². The molecule has 0 saturated heterocycles. The molecule has 0 aliphatic heterocycles. The van der Waals surface area contributed by atoms with Crippen molar-refractivity contribution in [3.63, 3.8) is 0 Å². The highest BCUT2D eigenvalue weighted by atomic mass is 19.1. The number of aromatic nitrogens is 2. The molecule has 0 fully saturated rings. The van der Waals surface area contributed by atoms with Crippen LogP contribution in [-0.2, 0) is 0 Å². The van der Waals surface area contributed by atoms with E-state index in [0.717, 1.165) is 27.7 Å². The number of fused-ring (bicyclic) bond motifs is 1. The molecular formula is C19H13FN2. The zero-order chi connectivity index (χ0) is 14.9. The molecule has 0 bridgehead atoms. The van der Waals surface area contributed by atoms with E-state index in [-0.39, 0.29) is 5.82 Å². The molecule has 2 heterocycles. The molecule has 0 atom stereocenters. The lowest BCUT2D eigenvalue weighted by Gasteiger charge is -2.06. The van der Waals surface area contributed by atoms with Gasteiger partial charge in [-0.2, -0.15) is 0 Å². The molecule has 2 nitrogen and oxygen atoms in total. The van der Waals surface area contributed by atoms with E-state index in [1.54, 1.807) is 18.3 Å². The summed E-state index contributed by atoms with van der Waals surface area (Å²) in [5.41, 5.74) is 4.28. The van der Waals surface area contributed by atoms with Gasteiger partial charge in [0.05, 0.1) is 5.52 Å². The molecule has 0 spiro atoms. The number of pyridine rings is 1. The van der Waals surface area contributed by atoms with E-state index < -0.39 is 0 Å². The number of hydrogen-bond acceptors (Lipinski definition) is 1. The van der Waals surface area contributed by atoms with Crippen molar-refractivity contribution in [1.29, 1.82) is 0 Å². The number of nitrogens with zero attached hydrogens (tertiary/aromatic N) is 2. The van der Waals surface area contributed by atoms with Crippen molar-refractivity contribution in [1.82, 2.24) is 9.55 Å². The minimum Gasteiger partial charge on any atom is -0.317 e. The third-order valence-corrected chi connectivity index (χ3v) is 3.79. The quantitative estimate of drug-likeness (QED) is 0.516. The minimum atomic E-state index is -0.223. The van der Waals surface area contributed by atoms with Gasteiger partial charge in [-0.3, -0.25) is 4.98 Å². The summed E-state index contributed by atoms with van der Waals surface area (Å²) in [5, 5.41) is 1.14. The maximum absolute atomic E-state index is 13.1. The minimum absolute atomic E-state index is 0.223. The van der Waals surface area contributed by atoms with Gasteiger partial charge in [-0.1, -0.05) is 12.1 Å². The van der Waals surface area contributed by atoms with Crippen LogP contribution in [0.2, 0.25) is 0 Å². The smallest absolute Gasteiger partial charge is 0.123 e. The van der Waals surface area contributed by atoms with Gasteiger partial charge in [0.25, 0.3) is 0 Å². The molecule has 2 aromatic carbocycles. The molecule has 0 aliphatic rings. The van der Waals surface area contributed by atoms with Crippen LogP contribution in [0.3, 0.4) is 0 Å². The predicted octanol–water partition coefficient (Wildman–Crippen LogP) is 4.83. The van der Waals surface area contributed by atoms with E-state index in [9.17, 15) is 4.39 Å². The lowest BCUT2D eigenvalue weighted by atomic mass is 10.1. The van der Waals surface area contributed by atoms with Gasteiger partial charge in [-0.25, -0.2) is 4.39 Å². The zero-order valence-corrected chi connectivity index (χ0v) is 11.8. The monoisotopic (exact) mass is 288 g/mol. The van der Waals surface area contributed by atoms with Gasteiger partial charge in [0, 0.05) is 35.2 Å². The summed E-state index contributed by atoms with van der Waals surface area (Å²) in [6.07, 6.45) is 5.64. The third-order valence-electron chi connectivity index (χ3n) is 3.79. The third kappa shape index (κ3) is 2.17. The van der Waals surface area contributed by atoms with E-state index in [4.69, 9.17) is 0 Å². The first kappa shape index (κ1) is 12.8. The van der Waals surface area contributed by atoms with Crippen LogP contribution < -0.4 is 0 Å². The Hall–Kier alpha value is -2.94. The predicted molar refractivity (Wildman–Crippen MR) is 86.5 cm³/mol. The van der Waals surface area contributed by atoms with E-state index in [2.05, 4.69) is 33.8 Å². The van der Waals surface area contributed by atoms with Crippen LogP contribution in [0.1, 0.15) is 0 Å². The van der Waals surface area contributed by atoms with Crippen molar-refractivity contribution in [2.45, 2.75) is 0 Å². The molecule has 0 amide bonds. The van der Waals surface area contributed by atoms with E-state index in [1.807, 2.05) is 24.5 Å². The number of rotatable bonds is 2. The number of halogens is 1. The fraction of sp³-hybridized carbons (Fsp3) is 0. The number of hydrogen-bond donors (Lipinski definition) is 0. The molecule has 0 aliphatic carbocycles. The zero-order valence-electron chi connectivity index (χ0n) is 11.8. The Morgan fingerprint density at radius 2 is 1.73 bits per heavy atom. The molecule has 4 rings (SSSR count). The first-order valence-electron chi connectivity index (χ1n) is 7.09. The van der Waals surface area contributed by atoms with E-state index in [0.29, 0.717) is 0 Å². The summed E-state index contributed by atoms with van der Waals surface area (Å²) in [6, 6.07) is 18.9. The summed E-state index contributed by atoms with van der Waals surface area (Å²) in [4.78, 5) is 4.16. The van der Waals surface area contributed by atoms with Crippen molar-refractivity contribution in [3.05, 3.63) is 85.1 Å². The average molecular weight is 288 g/mol. The fourth-order valence-electron chi connectivity index (χ4n) is 2.68. The van der Waals surface area contributed by atoms with Crippen LogP contribution in [0.25, 0.3) is 27.7 Å². The molecule has 2 aromatic heterocycles. The SMILES string of the molecule is Fc1ccc(-n2ccc3cc(-c4cccnc4)ccc32)cc1. The lowest BCUT2D eigenvalue weighted by Crippen LogP contribution is -1.91. The van der Waals surface area contributed by atoms with Crippen LogP contribution in [0.5, 0.6) is 0 Å². The molecular weight excluding hydrogens is 275 g/mol. The maximum Gasteiger partial charge on any atom is 0.123 e. The molecule has 106 valence electrons. The molecule has 0 saturated carbocycles. The van der Waals surface area contributed by atoms with Crippen LogP contribution in [0.15, 0.2) is 79.3 Å². The summed E-state index contributed by atoms with van der Waals surface area (Å²) in [7, 11) is 0. The van der Waals surface area contributed by atoms with Gasteiger partial charge in [0.2, 0.25) is 0 Å². The second kappa shape index (κ2) is 5.11. The van der Waals surface area contributed by atoms with E-state index in [1.165, 1.54) is 12.1 Å². The second-order valence-corrected chi connectivity index (χ2v) is 5.18. The topological polar surface area (TPSA) is 17.8 Å². The van der Waals surface area contributed by atoms with Gasteiger partial charge in [0.15, 0.2) is 0 Å². The Bertz CT molecular complexity index is 925. The van der Waals surface area contributed by atoms with Gasteiger partial charge < -0.3 is 4.57 Å². The van der Waals surface area contributed by atoms with E-state index >= 15 is 0 Å². The summed E-state index contributed by atoms with van der Waals surface area (Å²) < 4.78 is 15.1. The van der Waals surface area contributed by atoms with Crippen LogP contribution in [0, 0.1) is 5.82 Å². The fourth-order valence-corrected chi connectivity index (χ4v) is 2.68. The Morgan fingerprint density at radius 3 is 2.50 bits per heavy atom. The standard InChI is InChI=1S/C19H13FN2/c20-17-4-6-18(7-5-17)22-11-9-15-12-14(3-8-19(15)22)16-2-1-10-21-13-16/h1-13H.